The maximum absolute atomic E-state index is 12.4. The van der Waals surface area contributed by atoms with Crippen molar-refractivity contribution in [1.29, 1.82) is 0 Å². The van der Waals surface area contributed by atoms with Gasteiger partial charge in [-0.15, -0.1) is 0 Å². The molecule has 2 atom stereocenters. The number of nitrogens with zero attached hydrogens (tertiary/aromatic N) is 6. The third-order valence-electron chi connectivity index (χ3n) is 8.42. The number of aromatic nitrogens is 5. The van der Waals surface area contributed by atoms with Crippen molar-refractivity contribution in [2.24, 2.45) is 11.8 Å². The maximum Gasteiger partial charge on any atom is 0.251 e. The number of likely N-dealkylation sites (tertiary alicyclic amines) is 1. The fourth-order valence-electron chi connectivity index (χ4n) is 5.56. The topological polar surface area (TPSA) is 126 Å². The van der Waals surface area contributed by atoms with Crippen molar-refractivity contribution >= 4 is 28.5 Å². The summed E-state index contributed by atoms with van der Waals surface area (Å²) in [4.78, 5) is 48.6. The number of pyridine rings is 1. The van der Waals surface area contributed by atoms with Gasteiger partial charge in [-0.3, -0.25) is 14.6 Å². The molecule has 0 aliphatic carbocycles. The lowest BCUT2D eigenvalue weighted by molar-refractivity contribution is -0.130. The first-order chi connectivity index (χ1) is 20.3. The number of anilines is 1. The first-order valence-electron chi connectivity index (χ1n) is 14.6. The number of hydrogen-bond acceptors (Lipinski definition) is 8. The molecule has 10 nitrogen and oxygen atoms in total. The average molecular weight is 567 g/mol. The maximum atomic E-state index is 12.4. The van der Waals surface area contributed by atoms with Crippen LogP contribution in [-0.2, 0) is 11.2 Å². The molecule has 5 rings (SSSR count). The van der Waals surface area contributed by atoms with E-state index in [0.717, 1.165) is 71.7 Å². The third-order valence-corrected chi connectivity index (χ3v) is 8.42. The van der Waals surface area contributed by atoms with E-state index in [4.69, 9.17) is 0 Å². The van der Waals surface area contributed by atoms with E-state index in [1.54, 1.807) is 32.6 Å². The molecule has 2 unspecified atom stereocenters. The van der Waals surface area contributed by atoms with Gasteiger partial charge >= 0.3 is 0 Å². The molecule has 0 radical (unpaired) electrons. The molecular weight excluding hydrogens is 528 g/mol. The summed E-state index contributed by atoms with van der Waals surface area (Å²) in [5.74, 6) is 2.52. The molecule has 3 aromatic heterocycles. The molecule has 2 amide bonds. The van der Waals surface area contributed by atoms with Crippen LogP contribution in [0.5, 0.6) is 0 Å². The number of benzene rings is 1. The Bertz CT molecular complexity index is 1550. The summed E-state index contributed by atoms with van der Waals surface area (Å²) in [5, 5.41) is 7.04. The van der Waals surface area contributed by atoms with Gasteiger partial charge < -0.3 is 15.5 Å². The highest BCUT2D eigenvalue weighted by Gasteiger charge is 2.22. The molecule has 4 aromatic rings. The van der Waals surface area contributed by atoms with Crippen LogP contribution in [0, 0.1) is 11.8 Å². The molecule has 1 aliphatic rings. The molecule has 4 heterocycles. The standard InChI is InChI=1S/C32H38N8O2/c1-20(21(2)25-6-5-7-26-27(32(42)33-4)8-11-34-31(25)26)16-35-30-15-28(38-19-39-30)24-17-36-29(37-18-24)14-23-9-12-40(13-10-23)22(3)41/h5-8,11,15,17-21,23H,9-10,12-14,16H2,1-4H3,(H,33,42)(H,35,38,39). The first kappa shape index (κ1) is 29.0. The highest BCUT2D eigenvalue weighted by Crippen LogP contribution is 2.31. The van der Waals surface area contributed by atoms with Crippen molar-refractivity contribution in [3.8, 4) is 11.3 Å². The van der Waals surface area contributed by atoms with Gasteiger partial charge in [0.1, 0.15) is 18.0 Å². The Morgan fingerprint density at radius 2 is 1.79 bits per heavy atom. The normalized spacial score (nSPS) is 15.3. The summed E-state index contributed by atoms with van der Waals surface area (Å²) in [6.07, 6.45) is 9.68. The zero-order valence-corrected chi connectivity index (χ0v) is 24.7. The van der Waals surface area contributed by atoms with Crippen LogP contribution in [0.1, 0.15) is 61.3 Å². The second kappa shape index (κ2) is 13.0. The summed E-state index contributed by atoms with van der Waals surface area (Å²) < 4.78 is 0. The van der Waals surface area contributed by atoms with Gasteiger partial charge in [0.2, 0.25) is 5.91 Å². The lowest BCUT2D eigenvalue weighted by atomic mass is 9.87. The second-order valence-electron chi connectivity index (χ2n) is 11.2. The number of nitrogens with one attached hydrogen (secondary N) is 2. The van der Waals surface area contributed by atoms with Crippen LogP contribution >= 0.6 is 0 Å². The molecule has 1 aromatic carbocycles. The van der Waals surface area contributed by atoms with Crippen LogP contribution in [0.3, 0.4) is 0 Å². The minimum Gasteiger partial charge on any atom is -0.370 e. The van der Waals surface area contributed by atoms with Gasteiger partial charge in [-0.1, -0.05) is 32.0 Å². The molecule has 1 aliphatic heterocycles. The fraction of sp³-hybridized carbons (Fsp3) is 0.406. The van der Waals surface area contributed by atoms with E-state index >= 15 is 0 Å². The number of amides is 2. The van der Waals surface area contributed by atoms with Crippen molar-refractivity contribution in [1.82, 2.24) is 35.1 Å². The largest absolute Gasteiger partial charge is 0.370 e. The molecule has 0 bridgehead atoms. The molecule has 218 valence electrons. The summed E-state index contributed by atoms with van der Waals surface area (Å²) >= 11 is 0. The fourth-order valence-corrected chi connectivity index (χ4v) is 5.56. The van der Waals surface area contributed by atoms with Gasteiger partial charge in [0.25, 0.3) is 5.91 Å². The minimum absolute atomic E-state index is 0.118. The minimum atomic E-state index is -0.118. The monoisotopic (exact) mass is 566 g/mol. The SMILES string of the molecule is CNC(=O)c1ccnc2c(C(C)C(C)CNc3cc(-c4cnc(CC5CCN(C(C)=O)CC5)nc4)ncn3)cccc12. The Morgan fingerprint density at radius 1 is 1.02 bits per heavy atom. The Hall–Kier alpha value is -4.47. The second-order valence-corrected chi connectivity index (χ2v) is 11.2. The van der Waals surface area contributed by atoms with E-state index in [-0.39, 0.29) is 23.7 Å². The number of fused-ring (bicyclic) bond motifs is 1. The predicted molar refractivity (Wildman–Crippen MR) is 163 cm³/mol. The van der Waals surface area contributed by atoms with Gasteiger partial charge in [-0.25, -0.2) is 19.9 Å². The first-order valence-corrected chi connectivity index (χ1v) is 14.6. The molecule has 2 N–H and O–H groups in total. The molecule has 0 spiro atoms. The van der Waals surface area contributed by atoms with Gasteiger partial charge in [-0.2, -0.15) is 0 Å². The van der Waals surface area contributed by atoms with E-state index in [0.29, 0.717) is 18.0 Å². The zero-order valence-electron chi connectivity index (χ0n) is 24.7. The highest BCUT2D eigenvalue weighted by molar-refractivity contribution is 6.06. The quantitative estimate of drug-likeness (QED) is 0.303. The average Bonchev–Trinajstić information content (AvgIpc) is 3.03. The summed E-state index contributed by atoms with van der Waals surface area (Å²) in [6, 6.07) is 9.70. The lowest BCUT2D eigenvalue weighted by Gasteiger charge is -2.30. The predicted octanol–water partition coefficient (Wildman–Crippen LogP) is 4.49. The van der Waals surface area contributed by atoms with Crippen LogP contribution in [-0.4, -0.2) is 68.3 Å². The Kier molecular flexibility index (Phi) is 9.00. The summed E-state index contributed by atoms with van der Waals surface area (Å²) in [5.41, 5.74) is 4.19. The van der Waals surface area contributed by atoms with Crippen molar-refractivity contribution in [3.63, 3.8) is 0 Å². The molecule has 0 saturated carbocycles. The number of hydrogen-bond donors (Lipinski definition) is 2. The van der Waals surface area contributed by atoms with E-state index in [9.17, 15) is 9.59 Å². The van der Waals surface area contributed by atoms with E-state index in [1.807, 2.05) is 35.5 Å². The van der Waals surface area contributed by atoms with Gasteiger partial charge in [0.05, 0.1) is 16.8 Å². The Morgan fingerprint density at radius 3 is 2.50 bits per heavy atom. The van der Waals surface area contributed by atoms with Gasteiger partial charge in [0, 0.05) is 75.6 Å². The van der Waals surface area contributed by atoms with Crippen molar-refractivity contribution < 1.29 is 9.59 Å². The van der Waals surface area contributed by atoms with Crippen LogP contribution in [0.2, 0.25) is 0 Å². The number of rotatable bonds is 9. The molecule has 1 fully saturated rings. The Labute approximate surface area is 246 Å². The molecule has 42 heavy (non-hydrogen) atoms. The number of para-hydroxylation sites is 1. The lowest BCUT2D eigenvalue weighted by Crippen LogP contribution is -2.37. The van der Waals surface area contributed by atoms with Crippen LogP contribution in [0.4, 0.5) is 5.82 Å². The highest BCUT2D eigenvalue weighted by atomic mass is 16.2. The smallest absolute Gasteiger partial charge is 0.251 e. The molecule has 1 saturated heterocycles. The third kappa shape index (κ3) is 6.53. The van der Waals surface area contributed by atoms with Crippen LogP contribution in [0.25, 0.3) is 22.2 Å². The number of piperidine rings is 1. The van der Waals surface area contributed by atoms with Crippen LogP contribution in [0.15, 0.2) is 55.2 Å². The van der Waals surface area contributed by atoms with E-state index in [1.165, 1.54) is 0 Å². The summed E-state index contributed by atoms with van der Waals surface area (Å²) in [7, 11) is 1.64. The zero-order chi connectivity index (χ0) is 29.6. The van der Waals surface area contributed by atoms with E-state index in [2.05, 4.69) is 55.5 Å². The Balaban J connectivity index is 1.21. The van der Waals surface area contributed by atoms with Crippen LogP contribution < -0.4 is 10.6 Å². The summed E-state index contributed by atoms with van der Waals surface area (Å²) in [6.45, 7) is 8.32. The number of carbonyl (C=O) groups excluding carboxylic acids is 2. The molecular formula is C32H38N8O2. The van der Waals surface area contributed by atoms with Crippen molar-refractivity contribution in [2.75, 3.05) is 32.0 Å². The van der Waals surface area contributed by atoms with Gasteiger partial charge in [-0.05, 0) is 42.2 Å². The molecule has 10 heteroatoms. The number of carbonyl (C=O) groups is 2. The van der Waals surface area contributed by atoms with E-state index < -0.39 is 0 Å². The van der Waals surface area contributed by atoms with Crippen molar-refractivity contribution in [3.05, 3.63) is 72.2 Å². The van der Waals surface area contributed by atoms with Crippen molar-refractivity contribution in [2.45, 2.75) is 46.0 Å². The van der Waals surface area contributed by atoms with Gasteiger partial charge in [0.15, 0.2) is 0 Å².